The predicted octanol–water partition coefficient (Wildman–Crippen LogP) is 2.49. The Labute approximate surface area is 129 Å². The van der Waals surface area contributed by atoms with Crippen molar-refractivity contribution < 1.29 is 13.2 Å². The van der Waals surface area contributed by atoms with Crippen LogP contribution in [0.1, 0.15) is 6.42 Å². The van der Waals surface area contributed by atoms with Gasteiger partial charge in [-0.1, -0.05) is 36.4 Å². The summed E-state index contributed by atoms with van der Waals surface area (Å²) in [5.74, 6) is 0.204. The van der Waals surface area contributed by atoms with Crippen molar-refractivity contribution in [1.82, 2.24) is 4.90 Å². The minimum Gasteiger partial charge on any atom is -0.324 e. The Morgan fingerprint density at radius 3 is 2.64 bits per heavy atom. The van der Waals surface area contributed by atoms with E-state index in [1.165, 1.54) is 4.90 Å². The molecule has 0 radical (unpaired) electrons. The highest BCUT2D eigenvalue weighted by atomic mass is 32.2. The smallest absolute Gasteiger partial charge is 0.321 e. The lowest BCUT2D eigenvalue weighted by molar-refractivity contribution is 0.209. The molecule has 1 aliphatic rings. The molecule has 0 aliphatic carbocycles. The van der Waals surface area contributed by atoms with E-state index in [0.29, 0.717) is 6.42 Å². The van der Waals surface area contributed by atoms with Gasteiger partial charge in [0.25, 0.3) is 0 Å². The topological polar surface area (TPSA) is 66.5 Å². The molecule has 0 bridgehead atoms. The predicted molar refractivity (Wildman–Crippen MR) is 87.8 cm³/mol. The molecule has 1 heterocycles. The van der Waals surface area contributed by atoms with Crippen molar-refractivity contribution in [3.8, 4) is 0 Å². The first kappa shape index (κ1) is 14.8. The number of sulfone groups is 1. The average molecular weight is 318 g/mol. The molecule has 0 unspecified atom stereocenters. The summed E-state index contributed by atoms with van der Waals surface area (Å²) in [7, 11) is -1.36. The van der Waals surface area contributed by atoms with E-state index >= 15 is 0 Å². The first-order valence-corrected chi connectivity index (χ1v) is 9.00. The molecule has 22 heavy (non-hydrogen) atoms. The van der Waals surface area contributed by atoms with Crippen LogP contribution in [0.15, 0.2) is 42.5 Å². The van der Waals surface area contributed by atoms with Gasteiger partial charge in [0.15, 0.2) is 9.84 Å². The summed E-state index contributed by atoms with van der Waals surface area (Å²) < 4.78 is 23.1. The van der Waals surface area contributed by atoms with Gasteiger partial charge in [-0.25, -0.2) is 13.2 Å². The Balaban J connectivity index is 1.79. The van der Waals surface area contributed by atoms with Gasteiger partial charge in [0.2, 0.25) is 0 Å². The minimum absolute atomic E-state index is 0.0481. The molecule has 1 saturated heterocycles. The summed E-state index contributed by atoms with van der Waals surface area (Å²) in [5.41, 5.74) is 0.732. The van der Waals surface area contributed by atoms with E-state index in [1.54, 1.807) is 7.05 Å². The molecule has 2 amide bonds. The number of urea groups is 1. The fourth-order valence-electron chi connectivity index (χ4n) is 2.78. The van der Waals surface area contributed by atoms with Crippen LogP contribution in [0, 0.1) is 0 Å². The second-order valence-corrected chi connectivity index (χ2v) is 7.85. The number of amides is 2. The van der Waals surface area contributed by atoms with E-state index in [-0.39, 0.29) is 23.6 Å². The summed E-state index contributed by atoms with van der Waals surface area (Å²) >= 11 is 0. The normalized spacial score (nSPS) is 20.0. The third kappa shape index (κ3) is 2.92. The van der Waals surface area contributed by atoms with Gasteiger partial charge in [-0.15, -0.1) is 0 Å². The van der Waals surface area contributed by atoms with Crippen molar-refractivity contribution in [3.05, 3.63) is 42.5 Å². The van der Waals surface area contributed by atoms with Gasteiger partial charge < -0.3 is 10.2 Å². The highest BCUT2D eigenvalue weighted by Gasteiger charge is 2.32. The molecule has 6 heteroatoms. The largest absolute Gasteiger partial charge is 0.324 e. The lowest BCUT2D eigenvalue weighted by Gasteiger charge is -2.24. The van der Waals surface area contributed by atoms with E-state index in [4.69, 9.17) is 0 Å². The Bertz CT molecular complexity index is 812. The number of rotatable bonds is 2. The van der Waals surface area contributed by atoms with Gasteiger partial charge in [-0.3, -0.25) is 0 Å². The van der Waals surface area contributed by atoms with Crippen LogP contribution in [0.3, 0.4) is 0 Å². The van der Waals surface area contributed by atoms with Gasteiger partial charge in [-0.2, -0.15) is 0 Å². The van der Waals surface area contributed by atoms with Crippen LogP contribution < -0.4 is 5.32 Å². The first-order chi connectivity index (χ1) is 10.5. The number of anilines is 1. The molecular formula is C16H18N2O3S. The van der Waals surface area contributed by atoms with Gasteiger partial charge in [-0.05, 0) is 17.9 Å². The van der Waals surface area contributed by atoms with E-state index in [2.05, 4.69) is 5.32 Å². The summed E-state index contributed by atoms with van der Waals surface area (Å²) in [6, 6.07) is 13.0. The van der Waals surface area contributed by atoms with Crippen LogP contribution in [0.5, 0.6) is 0 Å². The molecule has 5 nitrogen and oxygen atoms in total. The van der Waals surface area contributed by atoms with Crippen LogP contribution in [0.25, 0.3) is 10.8 Å². The van der Waals surface area contributed by atoms with Crippen LogP contribution in [-0.2, 0) is 9.84 Å². The zero-order valence-corrected chi connectivity index (χ0v) is 13.1. The summed E-state index contributed by atoms with van der Waals surface area (Å²) in [4.78, 5) is 13.9. The molecule has 0 saturated carbocycles. The van der Waals surface area contributed by atoms with Gasteiger partial charge >= 0.3 is 6.03 Å². The maximum absolute atomic E-state index is 12.4. The molecule has 1 fully saturated rings. The maximum atomic E-state index is 12.4. The SMILES string of the molecule is CN(C(=O)Nc1cccc2ccccc12)[C@H]1CCS(=O)(=O)C1. The highest BCUT2D eigenvalue weighted by molar-refractivity contribution is 7.91. The Hall–Kier alpha value is -2.08. The van der Waals surface area contributed by atoms with Crippen molar-refractivity contribution in [3.63, 3.8) is 0 Å². The van der Waals surface area contributed by atoms with Gasteiger partial charge in [0.05, 0.1) is 17.2 Å². The second-order valence-electron chi connectivity index (χ2n) is 5.62. The lowest BCUT2D eigenvalue weighted by atomic mass is 10.1. The zero-order valence-electron chi connectivity index (χ0n) is 12.3. The Morgan fingerprint density at radius 1 is 1.18 bits per heavy atom. The van der Waals surface area contributed by atoms with Crippen LogP contribution in [0.2, 0.25) is 0 Å². The number of hydrogen-bond acceptors (Lipinski definition) is 3. The molecule has 0 aromatic heterocycles. The maximum Gasteiger partial charge on any atom is 0.321 e. The van der Waals surface area contributed by atoms with Crippen molar-refractivity contribution >= 4 is 32.3 Å². The highest BCUT2D eigenvalue weighted by Crippen LogP contribution is 2.24. The number of nitrogens with one attached hydrogen (secondary N) is 1. The third-order valence-electron chi connectivity index (χ3n) is 4.11. The van der Waals surface area contributed by atoms with Gasteiger partial charge in [0, 0.05) is 18.5 Å². The zero-order chi connectivity index (χ0) is 15.7. The van der Waals surface area contributed by atoms with Crippen molar-refractivity contribution in [1.29, 1.82) is 0 Å². The molecule has 2 aromatic carbocycles. The third-order valence-corrected chi connectivity index (χ3v) is 5.86. The molecule has 1 atom stereocenters. The fourth-order valence-corrected chi connectivity index (χ4v) is 4.56. The number of carbonyl (C=O) groups is 1. The monoisotopic (exact) mass is 318 g/mol. The van der Waals surface area contributed by atoms with E-state index < -0.39 is 9.84 Å². The van der Waals surface area contributed by atoms with E-state index in [0.717, 1.165) is 16.5 Å². The molecule has 116 valence electrons. The average Bonchev–Trinajstić information content (AvgIpc) is 2.87. The van der Waals surface area contributed by atoms with Crippen LogP contribution in [0.4, 0.5) is 10.5 Å². The molecule has 2 aromatic rings. The Morgan fingerprint density at radius 2 is 1.91 bits per heavy atom. The molecular weight excluding hydrogens is 300 g/mol. The standard InChI is InChI=1S/C16H18N2O3S/c1-18(13-9-10-22(20,21)11-13)16(19)17-15-8-4-6-12-5-2-3-7-14(12)15/h2-8,13H,9-11H2,1H3,(H,17,19)/t13-/m0/s1. The van der Waals surface area contributed by atoms with Crippen molar-refractivity contribution in [2.45, 2.75) is 12.5 Å². The summed E-state index contributed by atoms with van der Waals surface area (Å²) in [6.07, 6.45) is 0.502. The number of carbonyl (C=O) groups excluding carboxylic acids is 1. The number of hydrogen-bond donors (Lipinski definition) is 1. The number of nitrogens with zero attached hydrogens (tertiary/aromatic N) is 1. The lowest BCUT2D eigenvalue weighted by Crippen LogP contribution is -2.40. The minimum atomic E-state index is -3.00. The summed E-state index contributed by atoms with van der Waals surface area (Å²) in [6.45, 7) is 0. The molecule has 1 N–H and O–H groups in total. The fraction of sp³-hybridized carbons (Fsp3) is 0.312. The van der Waals surface area contributed by atoms with Crippen molar-refractivity contribution in [2.75, 3.05) is 23.9 Å². The molecule has 3 rings (SSSR count). The summed E-state index contributed by atoms with van der Waals surface area (Å²) in [5, 5.41) is 4.89. The Kier molecular flexibility index (Phi) is 3.78. The number of fused-ring (bicyclic) bond motifs is 1. The first-order valence-electron chi connectivity index (χ1n) is 7.18. The van der Waals surface area contributed by atoms with Crippen LogP contribution >= 0.6 is 0 Å². The van der Waals surface area contributed by atoms with E-state index in [1.807, 2.05) is 42.5 Å². The quantitative estimate of drug-likeness (QED) is 0.925. The van der Waals surface area contributed by atoms with Gasteiger partial charge in [0.1, 0.15) is 0 Å². The van der Waals surface area contributed by atoms with Crippen LogP contribution in [-0.4, -0.2) is 43.9 Å². The second kappa shape index (κ2) is 5.61. The van der Waals surface area contributed by atoms with Crippen molar-refractivity contribution in [2.24, 2.45) is 0 Å². The number of benzene rings is 2. The molecule has 0 spiro atoms. The van der Waals surface area contributed by atoms with E-state index in [9.17, 15) is 13.2 Å². The molecule has 1 aliphatic heterocycles.